The molecule has 1 saturated heterocycles. The molecule has 2 unspecified atom stereocenters. The van der Waals surface area contributed by atoms with E-state index in [1.165, 1.54) is 12.1 Å². The molecule has 0 spiro atoms. The van der Waals surface area contributed by atoms with Crippen LogP contribution in [-0.2, 0) is 11.2 Å². The van der Waals surface area contributed by atoms with Crippen molar-refractivity contribution in [2.45, 2.75) is 32.2 Å². The number of nitro groups is 1. The zero-order valence-electron chi connectivity index (χ0n) is 12.2. The Morgan fingerprint density at radius 2 is 2.33 bits per heavy atom. The molecule has 0 amide bonds. The summed E-state index contributed by atoms with van der Waals surface area (Å²) in [6, 6.07) is 5.12. The Morgan fingerprint density at radius 1 is 1.52 bits per heavy atom. The molecule has 6 heteroatoms. The third kappa shape index (κ3) is 4.40. The second-order valence-corrected chi connectivity index (χ2v) is 5.83. The SMILES string of the molecule is CCCNC1CCOCC1Cc1ccc([N+](=O)[O-])cc1Cl. The maximum atomic E-state index is 10.7. The minimum absolute atomic E-state index is 0.0318. The summed E-state index contributed by atoms with van der Waals surface area (Å²) in [7, 11) is 0. The van der Waals surface area contributed by atoms with Gasteiger partial charge in [0.2, 0.25) is 0 Å². The van der Waals surface area contributed by atoms with Gasteiger partial charge in [-0.05, 0) is 31.4 Å². The molecule has 1 fully saturated rings. The number of non-ortho nitro benzene ring substituents is 1. The van der Waals surface area contributed by atoms with Gasteiger partial charge in [-0.1, -0.05) is 24.6 Å². The van der Waals surface area contributed by atoms with Crippen molar-refractivity contribution in [3.8, 4) is 0 Å². The first-order valence-electron chi connectivity index (χ1n) is 7.35. The van der Waals surface area contributed by atoms with E-state index in [-0.39, 0.29) is 5.69 Å². The van der Waals surface area contributed by atoms with Crippen LogP contribution >= 0.6 is 11.6 Å². The van der Waals surface area contributed by atoms with Gasteiger partial charge < -0.3 is 10.1 Å². The fraction of sp³-hybridized carbons (Fsp3) is 0.600. The van der Waals surface area contributed by atoms with Crippen molar-refractivity contribution in [3.63, 3.8) is 0 Å². The van der Waals surface area contributed by atoms with Crippen LogP contribution in [0.25, 0.3) is 0 Å². The van der Waals surface area contributed by atoms with E-state index in [1.54, 1.807) is 6.07 Å². The van der Waals surface area contributed by atoms with Gasteiger partial charge in [-0.25, -0.2) is 0 Å². The number of hydrogen-bond acceptors (Lipinski definition) is 4. The van der Waals surface area contributed by atoms with Crippen LogP contribution in [0.3, 0.4) is 0 Å². The predicted octanol–water partition coefficient (Wildman–Crippen LogP) is 3.20. The van der Waals surface area contributed by atoms with E-state index in [0.717, 1.165) is 38.0 Å². The molecule has 1 N–H and O–H groups in total. The van der Waals surface area contributed by atoms with E-state index in [2.05, 4.69) is 12.2 Å². The van der Waals surface area contributed by atoms with Gasteiger partial charge in [0.15, 0.2) is 0 Å². The van der Waals surface area contributed by atoms with Crippen molar-refractivity contribution in [1.29, 1.82) is 0 Å². The van der Waals surface area contributed by atoms with Crippen molar-refractivity contribution in [1.82, 2.24) is 5.32 Å². The summed E-state index contributed by atoms with van der Waals surface area (Å²) in [4.78, 5) is 10.3. The van der Waals surface area contributed by atoms with Gasteiger partial charge in [0.25, 0.3) is 5.69 Å². The maximum absolute atomic E-state index is 10.7. The third-order valence-corrected chi connectivity index (χ3v) is 4.21. The van der Waals surface area contributed by atoms with Gasteiger partial charge >= 0.3 is 0 Å². The van der Waals surface area contributed by atoms with E-state index in [9.17, 15) is 10.1 Å². The molecular weight excluding hydrogens is 292 g/mol. The van der Waals surface area contributed by atoms with Crippen LogP contribution in [0.4, 0.5) is 5.69 Å². The number of hydrogen-bond donors (Lipinski definition) is 1. The zero-order chi connectivity index (χ0) is 15.2. The van der Waals surface area contributed by atoms with Crippen molar-refractivity contribution < 1.29 is 9.66 Å². The van der Waals surface area contributed by atoms with Gasteiger partial charge in [-0.2, -0.15) is 0 Å². The van der Waals surface area contributed by atoms with Crippen LogP contribution in [-0.4, -0.2) is 30.7 Å². The minimum atomic E-state index is -0.426. The molecule has 0 radical (unpaired) electrons. The molecular formula is C15H21ClN2O3. The van der Waals surface area contributed by atoms with Gasteiger partial charge in [0.05, 0.1) is 16.6 Å². The molecule has 1 aliphatic rings. The Morgan fingerprint density at radius 3 is 3.00 bits per heavy atom. The maximum Gasteiger partial charge on any atom is 0.270 e. The second kappa shape index (κ2) is 7.73. The van der Waals surface area contributed by atoms with Crippen molar-refractivity contribution >= 4 is 17.3 Å². The normalized spacial score (nSPS) is 22.2. The summed E-state index contributed by atoms with van der Waals surface area (Å²) in [5.41, 5.74) is 0.977. The number of nitro benzene ring substituents is 1. The van der Waals surface area contributed by atoms with Crippen molar-refractivity contribution in [2.24, 2.45) is 5.92 Å². The Labute approximate surface area is 129 Å². The molecule has 2 rings (SSSR count). The van der Waals surface area contributed by atoms with Gasteiger partial charge in [0.1, 0.15) is 0 Å². The summed E-state index contributed by atoms with van der Waals surface area (Å²) < 4.78 is 5.58. The number of benzene rings is 1. The fourth-order valence-corrected chi connectivity index (χ4v) is 2.95. The summed E-state index contributed by atoms with van der Waals surface area (Å²) in [5, 5.41) is 14.8. The van der Waals surface area contributed by atoms with Crippen LogP contribution in [0.2, 0.25) is 5.02 Å². The first kappa shape index (κ1) is 16.2. The van der Waals surface area contributed by atoms with Crippen LogP contribution in [0.15, 0.2) is 18.2 Å². The standard InChI is InChI=1S/C15H21ClN2O3/c1-2-6-17-15-5-7-21-10-12(15)8-11-3-4-13(18(19)20)9-14(11)16/h3-4,9,12,15,17H,2,5-8,10H2,1H3. The van der Waals surface area contributed by atoms with E-state index < -0.39 is 4.92 Å². The molecule has 1 heterocycles. The van der Waals surface area contributed by atoms with Crippen molar-refractivity contribution in [2.75, 3.05) is 19.8 Å². The van der Waals surface area contributed by atoms with Crippen LogP contribution in [0.1, 0.15) is 25.3 Å². The Kier molecular flexibility index (Phi) is 5.96. The lowest BCUT2D eigenvalue weighted by molar-refractivity contribution is -0.384. The molecule has 116 valence electrons. The minimum Gasteiger partial charge on any atom is -0.381 e. The van der Waals surface area contributed by atoms with Gasteiger partial charge in [-0.15, -0.1) is 0 Å². The van der Waals surface area contributed by atoms with Crippen molar-refractivity contribution in [3.05, 3.63) is 38.9 Å². The number of rotatable bonds is 6. The van der Waals surface area contributed by atoms with E-state index >= 15 is 0 Å². The average Bonchev–Trinajstić information content (AvgIpc) is 2.48. The van der Waals surface area contributed by atoms with Crippen LogP contribution < -0.4 is 5.32 Å². The molecule has 1 aromatic carbocycles. The highest BCUT2D eigenvalue weighted by molar-refractivity contribution is 6.31. The van der Waals surface area contributed by atoms with Gasteiger partial charge in [-0.3, -0.25) is 10.1 Å². The molecule has 2 atom stereocenters. The quantitative estimate of drug-likeness (QED) is 0.647. The van der Waals surface area contributed by atoms with Crippen LogP contribution in [0.5, 0.6) is 0 Å². The Balaban J connectivity index is 2.06. The Bertz CT molecular complexity index is 496. The lowest BCUT2D eigenvalue weighted by Crippen LogP contribution is -2.44. The molecule has 0 aliphatic carbocycles. The molecule has 1 aromatic rings. The summed E-state index contributed by atoms with van der Waals surface area (Å²) >= 11 is 6.18. The molecule has 0 bridgehead atoms. The zero-order valence-corrected chi connectivity index (χ0v) is 12.9. The largest absolute Gasteiger partial charge is 0.381 e. The first-order valence-corrected chi connectivity index (χ1v) is 7.73. The van der Waals surface area contributed by atoms with E-state index in [0.29, 0.717) is 23.6 Å². The topological polar surface area (TPSA) is 64.4 Å². The second-order valence-electron chi connectivity index (χ2n) is 5.42. The van der Waals surface area contributed by atoms with E-state index in [1.807, 2.05) is 0 Å². The molecule has 1 aliphatic heterocycles. The van der Waals surface area contributed by atoms with Gasteiger partial charge in [0, 0.05) is 30.7 Å². The highest BCUT2D eigenvalue weighted by Gasteiger charge is 2.26. The predicted molar refractivity (Wildman–Crippen MR) is 82.8 cm³/mol. The smallest absolute Gasteiger partial charge is 0.270 e. The molecule has 5 nitrogen and oxygen atoms in total. The highest BCUT2D eigenvalue weighted by atomic mass is 35.5. The molecule has 0 saturated carbocycles. The highest BCUT2D eigenvalue weighted by Crippen LogP contribution is 2.27. The lowest BCUT2D eigenvalue weighted by atomic mass is 9.89. The molecule has 0 aromatic heterocycles. The lowest BCUT2D eigenvalue weighted by Gasteiger charge is -2.32. The fourth-order valence-electron chi connectivity index (χ4n) is 2.69. The Hall–Kier alpha value is -1.17. The van der Waals surface area contributed by atoms with Crippen LogP contribution in [0, 0.1) is 16.0 Å². The number of nitrogens with zero attached hydrogens (tertiary/aromatic N) is 1. The third-order valence-electron chi connectivity index (χ3n) is 3.86. The summed E-state index contributed by atoms with van der Waals surface area (Å²) in [6.45, 7) is 4.63. The number of ether oxygens (including phenoxy) is 1. The summed E-state index contributed by atoms with van der Waals surface area (Å²) in [6.07, 6.45) is 2.87. The van der Waals surface area contributed by atoms with E-state index in [4.69, 9.17) is 16.3 Å². The monoisotopic (exact) mass is 312 g/mol. The number of halogens is 1. The summed E-state index contributed by atoms with van der Waals surface area (Å²) in [5.74, 6) is 0.351. The molecule has 21 heavy (non-hydrogen) atoms. The average molecular weight is 313 g/mol. The number of nitrogens with one attached hydrogen (secondary N) is 1. The first-order chi connectivity index (χ1) is 10.1.